The Morgan fingerprint density at radius 3 is 2.58 bits per heavy atom. The average Bonchev–Trinajstić information content (AvgIpc) is 3.43. The molecule has 2 aliphatic heterocycles. The number of piperidine rings is 1. The minimum Gasteiger partial charge on any atom is -0.402 e. The molecule has 1 aromatic carbocycles. The first-order chi connectivity index (χ1) is 19.3. The van der Waals surface area contributed by atoms with E-state index in [-0.39, 0.29) is 17.5 Å². The molecular formula is C28H36F2N8O2. The van der Waals surface area contributed by atoms with Crippen LogP contribution in [-0.4, -0.2) is 86.7 Å². The number of hydrogen-bond donors (Lipinski definition) is 1. The van der Waals surface area contributed by atoms with Gasteiger partial charge >= 0.3 is 6.01 Å². The Kier molecular flexibility index (Phi) is 8.24. The van der Waals surface area contributed by atoms with Crippen LogP contribution in [0.15, 0.2) is 28.8 Å². The third-order valence-corrected chi connectivity index (χ3v) is 7.91. The Morgan fingerprint density at radius 2 is 1.90 bits per heavy atom. The molecule has 214 valence electrons. The van der Waals surface area contributed by atoms with E-state index in [1.165, 1.54) is 6.07 Å². The molecule has 4 heterocycles. The lowest BCUT2D eigenvalue weighted by atomic mass is 9.96. The van der Waals surface area contributed by atoms with Crippen molar-refractivity contribution in [1.29, 1.82) is 0 Å². The van der Waals surface area contributed by atoms with Crippen LogP contribution in [0.4, 0.5) is 20.6 Å². The summed E-state index contributed by atoms with van der Waals surface area (Å²) in [4.78, 5) is 29.0. The van der Waals surface area contributed by atoms with Crippen LogP contribution in [0, 0.1) is 18.6 Å². The summed E-state index contributed by atoms with van der Waals surface area (Å²) in [6.07, 6.45) is 4.35. The van der Waals surface area contributed by atoms with Gasteiger partial charge in [-0.1, -0.05) is 12.0 Å². The number of aryl methyl sites for hydroxylation is 1. The normalized spacial score (nSPS) is 20.6. The van der Waals surface area contributed by atoms with Gasteiger partial charge in [0.2, 0.25) is 0 Å². The van der Waals surface area contributed by atoms with Gasteiger partial charge in [0.25, 0.3) is 11.8 Å². The molecular weight excluding hydrogens is 518 g/mol. The fourth-order valence-corrected chi connectivity index (χ4v) is 5.79. The number of nitrogens with zero attached hydrogens (tertiary/aromatic N) is 7. The summed E-state index contributed by atoms with van der Waals surface area (Å²) in [6.45, 7) is 11.9. The summed E-state index contributed by atoms with van der Waals surface area (Å²) >= 11 is 0. The van der Waals surface area contributed by atoms with Crippen molar-refractivity contribution < 1.29 is 18.0 Å². The SMILES string of the molecule is CCNc1nnc(-c2cnc(N3C[C@H](CC)N(C4CCN(C(=O)c5ccc(F)c(F)c5)CC4)C[C@H]3C)c(C)n2)o1. The summed E-state index contributed by atoms with van der Waals surface area (Å²) in [6, 6.07) is 4.59. The largest absolute Gasteiger partial charge is 0.402 e. The van der Waals surface area contributed by atoms with E-state index >= 15 is 0 Å². The second-order valence-electron chi connectivity index (χ2n) is 10.5. The monoisotopic (exact) mass is 554 g/mol. The number of nitrogens with one attached hydrogen (secondary N) is 1. The molecule has 2 aliphatic rings. The van der Waals surface area contributed by atoms with Gasteiger partial charge in [-0.05, 0) is 58.2 Å². The van der Waals surface area contributed by atoms with Crippen molar-refractivity contribution in [3.63, 3.8) is 0 Å². The van der Waals surface area contributed by atoms with E-state index in [9.17, 15) is 13.6 Å². The van der Waals surface area contributed by atoms with Crippen LogP contribution < -0.4 is 10.2 Å². The molecule has 1 amide bonds. The number of carbonyl (C=O) groups is 1. The Bertz CT molecular complexity index is 1340. The molecule has 0 radical (unpaired) electrons. The van der Waals surface area contributed by atoms with Crippen LogP contribution in [0.3, 0.4) is 0 Å². The standard InChI is InChI=1S/C28H36F2N8O2/c1-5-20-16-37(25-18(4)33-24(14-32-25)26-34-35-28(40-26)31-6-2)17(3)15-38(20)21-9-11-36(12-10-21)27(39)19-7-8-22(29)23(30)13-19/h7-8,13-14,17,20-21H,5-6,9-12,15-16H2,1-4H3,(H,31,35)/t17-,20+/m1/s1. The Balaban J connectivity index is 1.23. The summed E-state index contributed by atoms with van der Waals surface area (Å²) in [5.41, 5.74) is 1.53. The van der Waals surface area contributed by atoms with Crippen LogP contribution in [0.25, 0.3) is 11.6 Å². The van der Waals surface area contributed by atoms with Crippen molar-refractivity contribution in [2.24, 2.45) is 0 Å². The van der Waals surface area contributed by atoms with Crippen LogP contribution in [0.5, 0.6) is 0 Å². The molecule has 12 heteroatoms. The van der Waals surface area contributed by atoms with Gasteiger partial charge in [-0.25, -0.2) is 18.7 Å². The number of carbonyl (C=O) groups excluding carboxylic acids is 1. The third kappa shape index (κ3) is 5.63. The summed E-state index contributed by atoms with van der Waals surface area (Å²) in [7, 11) is 0. The number of halogens is 2. The van der Waals surface area contributed by atoms with Crippen molar-refractivity contribution in [2.45, 2.75) is 65.1 Å². The average molecular weight is 555 g/mol. The van der Waals surface area contributed by atoms with Gasteiger partial charge in [0.1, 0.15) is 11.5 Å². The number of anilines is 2. The highest BCUT2D eigenvalue weighted by atomic mass is 19.2. The lowest BCUT2D eigenvalue weighted by molar-refractivity contribution is 0.0434. The van der Waals surface area contributed by atoms with Gasteiger partial charge in [0.15, 0.2) is 11.6 Å². The molecule has 40 heavy (non-hydrogen) atoms. The van der Waals surface area contributed by atoms with Gasteiger partial charge in [-0.15, -0.1) is 5.10 Å². The number of piperazine rings is 1. The van der Waals surface area contributed by atoms with Gasteiger partial charge in [0.05, 0.1) is 11.9 Å². The van der Waals surface area contributed by atoms with Gasteiger partial charge < -0.3 is 19.5 Å². The highest BCUT2D eigenvalue weighted by Crippen LogP contribution is 2.30. The quantitative estimate of drug-likeness (QED) is 0.462. The van der Waals surface area contributed by atoms with Crippen LogP contribution in [-0.2, 0) is 0 Å². The summed E-state index contributed by atoms with van der Waals surface area (Å²) in [5.74, 6) is -1.01. The van der Waals surface area contributed by atoms with Gasteiger partial charge in [-0.2, -0.15) is 0 Å². The number of amides is 1. The summed E-state index contributed by atoms with van der Waals surface area (Å²) < 4.78 is 32.6. The zero-order valence-electron chi connectivity index (χ0n) is 23.4. The molecule has 0 spiro atoms. The van der Waals surface area contributed by atoms with E-state index < -0.39 is 11.6 Å². The zero-order valence-corrected chi connectivity index (χ0v) is 23.4. The van der Waals surface area contributed by atoms with Crippen LogP contribution in [0.2, 0.25) is 0 Å². The van der Waals surface area contributed by atoms with Crippen LogP contribution in [0.1, 0.15) is 56.1 Å². The molecule has 0 bridgehead atoms. The number of likely N-dealkylation sites (tertiary alicyclic amines) is 1. The molecule has 0 saturated carbocycles. The lowest BCUT2D eigenvalue weighted by Gasteiger charge is -2.50. The summed E-state index contributed by atoms with van der Waals surface area (Å²) in [5, 5.41) is 11.1. The Morgan fingerprint density at radius 1 is 1.12 bits per heavy atom. The van der Waals surface area contributed by atoms with E-state index in [0.29, 0.717) is 49.3 Å². The predicted molar refractivity (Wildman–Crippen MR) is 147 cm³/mol. The van der Waals surface area contributed by atoms with Gasteiger partial charge in [0, 0.05) is 56.4 Å². The topological polar surface area (TPSA) is 104 Å². The smallest absolute Gasteiger partial charge is 0.315 e. The molecule has 2 saturated heterocycles. The van der Waals surface area contributed by atoms with Crippen LogP contribution >= 0.6 is 0 Å². The number of aromatic nitrogens is 4. The maximum atomic E-state index is 13.7. The van der Waals surface area contributed by atoms with Crippen molar-refractivity contribution >= 4 is 17.7 Å². The lowest BCUT2D eigenvalue weighted by Crippen LogP contribution is -2.62. The molecule has 10 nitrogen and oxygen atoms in total. The number of benzene rings is 1. The van der Waals surface area contributed by atoms with Gasteiger partial charge in [-0.3, -0.25) is 9.69 Å². The molecule has 0 aliphatic carbocycles. The fraction of sp³-hybridized carbons (Fsp3) is 0.536. The maximum Gasteiger partial charge on any atom is 0.315 e. The number of hydrogen-bond acceptors (Lipinski definition) is 9. The first-order valence-corrected chi connectivity index (χ1v) is 14.0. The van der Waals surface area contributed by atoms with Crippen molar-refractivity contribution in [3.05, 3.63) is 47.3 Å². The molecule has 3 aromatic rings. The molecule has 2 aromatic heterocycles. The first kappa shape index (κ1) is 27.9. The first-order valence-electron chi connectivity index (χ1n) is 14.0. The molecule has 2 fully saturated rings. The second kappa shape index (κ2) is 11.8. The van der Waals surface area contributed by atoms with E-state index in [1.807, 2.05) is 13.8 Å². The van der Waals surface area contributed by atoms with E-state index in [1.54, 1.807) is 11.1 Å². The second-order valence-corrected chi connectivity index (χ2v) is 10.5. The number of rotatable bonds is 7. The van der Waals surface area contributed by atoms with Crippen molar-refractivity contribution in [1.82, 2.24) is 30.0 Å². The fourth-order valence-electron chi connectivity index (χ4n) is 5.79. The minimum absolute atomic E-state index is 0.186. The predicted octanol–water partition coefficient (Wildman–Crippen LogP) is 4.14. The highest BCUT2D eigenvalue weighted by molar-refractivity contribution is 5.94. The third-order valence-electron chi connectivity index (χ3n) is 7.91. The Hall–Kier alpha value is -3.67. The van der Waals surface area contributed by atoms with E-state index in [0.717, 1.165) is 56.0 Å². The molecule has 0 unspecified atom stereocenters. The zero-order chi connectivity index (χ0) is 28.4. The molecule has 2 atom stereocenters. The van der Waals surface area contributed by atoms with E-state index in [4.69, 9.17) is 14.4 Å². The highest BCUT2D eigenvalue weighted by Gasteiger charge is 2.37. The van der Waals surface area contributed by atoms with Crippen molar-refractivity contribution in [3.8, 4) is 11.6 Å². The van der Waals surface area contributed by atoms with Crippen molar-refractivity contribution in [2.75, 3.05) is 42.9 Å². The molecule has 5 rings (SSSR count). The maximum absolute atomic E-state index is 13.7. The van der Waals surface area contributed by atoms with E-state index in [2.05, 4.69) is 39.2 Å². The minimum atomic E-state index is -0.999. The Labute approximate surface area is 232 Å². The molecule has 1 N–H and O–H groups in total.